The molecule has 0 aliphatic heterocycles. The van der Waals surface area contributed by atoms with E-state index in [1.807, 2.05) is 0 Å². The zero-order valence-corrected chi connectivity index (χ0v) is 11.6. The summed E-state index contributed by atoms with van der Waals surface area (Å²) in [5, 5.41) is 10.1. The molecule has 0 amide bonds. The summed E-state index contributed by atoms with van der Waals surface area (Å²) in [6, 6.07) is 8.25. The number of benzene rings is 2. The normalized spacial score (nSPS) is 12.3. The zero-order valence-electron chi connectivity index (χ0n) is 10.0. The van der Waals surface area contributed by atoms with Crippen LogP contribution in [0.4, 0.5) is 8.78 Å². The minimum absolute atomic E-state index is 0.00187. The largest absolute Gasteiger partial charge is 0.497 e. The molecule has 2 rings (SSSR count). The molecule has 0 aliphatic rings. The Bertz CT molecular complexity index is 602. The lowest BCUT2D eigenvalue weighted by Crippen LogP contribution is -2.05. The summed E-state index contributed by atoms with van der Waals surface area (Å²) < 4.78 is 33.0. The van der Waals surface area contributed by atoms with E-state index < -0.39 is 17.7 Å². The van der Waals surface area contributed by atoms with Gasteiger partial charge in [-0.05, 0) is 24.3 Å². The van der Waals surface area contributed by atoms with Gasteiger partial charge in [0.25, 0.3) is 0 Å². The van der Waals surface area contributed by atoms with E-state index >= 15 is 0 Å². The van der Waals surface area contributed by atoms with Crippen LogP contribution in [0, 0.1) is 11.6 Å². The van der Waals surface area contributed by atoms with Gasteiger partial charge in [-0.1, -0.05) is 22.0 Å². The van der Waals surface area contributed by atoms with Gasteiger partial charge in [-0.25, -0.2) is 8.78 Å². The molecule has 0 fully saturated rings. The summed E-state index contributed by atoms with van der Waals surface area (Å²) in [4.78, 5) is 0. The summed E-state index contributed by atoms with van der Waals surface area (Å²) >= 11 is 3.12. The van der Waals surface area contributed by atoms with Crippen molar-refractivity contribution in [1.29, 1.82) is 0 Å². The van der Waals surface area contributed by atoms with Gasteiger partial charge in [-0.15, -0.1) is 0 Å². The molecule has 0 heterocycles. The highest BCUT2D eigenvalue weighted by atomic mass is 79.9. The smallest absolute Gasteiger partial charge is 0.133 e. The number of aliphatic hydroxyl groups excluding tert-OH is 1. The summed E-state index contributed by atoms with van der Waals surface area (Å²) in [5.74, 6) is -0.906. The van der Waals surface area contributed by atoms with Crippen molar-refractivity contribution in [2.24, 2.45) is 0 Å². The first-order chi connectivity index (χ1) is 9.02. The monoisotopic (exact) mass is 328 g/mol. The van der Waals surface area contributed by atoms with Gasteiger partial charge in [0.1, 0.15) is 23.5 Å². The molecule has 19 heavy (non-hydrogen) atoms. The van der Waals surface area contributed by atoms with E-state index in [0.717, 1.165) is 6.07 Å². The minimum Gasteiger partial charge on any atom is -0.497 e. The number of halogens is 3. The maximum absolute atomic E-state index is 13.8. The zero-order chi connectivity index (χ0) is 14.0. The molecule has 0 saturated heterocycles. The van der Waals surface area contributed by atoms with Gasteiger partial charge in [-0.3, -0.25) is 0 Å². The molecule has 0 aromatic heterocycles. The van der Waals surface area contributed by atoms with Crippen molar-refractivity contribution in [1.82, 2.24) is 0 Å². The highest BCUT2D eigenvalue weighted by Gasteiger charge is 2.19. The van der Waals surface area contributed by atoms with E-state index in [-0.39, 0.29) is 11.1 Å². The molecule has 0 bridgehead atoms. The summed E-state index contributed by atoms with van der Waals surface area (Å²) in [5.41, 5.74) is 0.0225. The summed E-state index contributed by atoms with van der Waals surface area (Å²) in [7, 11) is 1.42. The third-order valence-corrected chi connectivity index (χ3v) is 3.25. The molecule has 1 N–H and O–H groups in total. The van der Waals surface area contributed by atoms with Crippen LogP contribution >= 0.6 is 15.9 Å². The average Bonchev–Trinajstić information content (AvgIpc) is 2.37. The van der Waals surface area contributed by atoms with Crippen LogP contribution in [0.1, 0.15) is 17.2 Å². The van der Waals surface area contributed by atoms with Crippen LogP contribution in [0.2, 0.25) is 0 Å². The molecular formula is C14H11BrF2O2. The van der Waals surface area contributed by atoms with Crippen LogP contribution in [0.5, 0.6) is 5.75 Å². The third-order valence-electron chi connectivity index (χ3n) is 2.76. The van der Waals surface area contributed by atoms with E-state index in [9.17, 15) is 13.9 Å². The minimum atomic E-state index is -1.36. The molecule has 1 atom stereocenters. The fourth-order valence-corrected chi connectivity index (χ4v) is 2.08. The van der Waals surface area contributed by atoms with Crippen LogP contribution in [-0.4, -0.2) is 12.2 Å². The van der Waals surface area contributed by atoms with Crippen molar-refractivity contribution in [3.8, 4) is 5.75 Å². The van der Waals surface area contributed by atoms with Crippen LogP contribution in [0.15, 0.2) is 40.9 Å². The van der Waals surface area contributed by atoms with Crippen molar-refractivity contribution in [3.05, 3.63) is 63.6 Å². The second-order valence-corrected chi connectivity index (χ2v) is 4.87. The van der Waals surface area contributed by atoms with Crippen molar-refractivity contribution in [3.63, 3.8) is 0 Å². The molecule has 100 valence electrons. The molecule has 0 aliphatic carbocycles. The van der Waals surface area contributed by atoms with Gasteiger partial charge in [-0.2, -0.15) is 0 Å². The van der Waals surface area contributed by atoms with Crippen molar-refractivity contribution >= 4 is 15.9 Å². The fraction of sp³-hybridized carbons (Fsp3) is 0.143. The summed E-state index contributed by atoms with van der Waals surface area (Å²) in [6.07, 6.45) is -1.36. The quantitative estimate of drug-likeness (QED) is 0.928. The number of rotatable bonds is 3. The van der Waals surface area contributed by atoms with Gasteiger partial charge < -0.3 is 9.84 Å². The number of hydrogen-bond donors (Lipinski definition) is 1. The lowest BCUT2D eigenvalue weighted by molar-refractivity contribution is 0.209. The number of ether oxygens (including phenoxy) is 1. The SMILES string of the molecule is COc1ccc(C(O)c2ccc(Br)cc2F)c(F)c1. The van der Waals surface area contributed by atoms with Crippen LogP contribution < -0.4 is 4.74 Å². The number of methoxy groups -OCH3 is 1. The Morgan fingerprint density at radius 1 is 1.05 bits per heavy atom. The average molecular weight is 329 g/mol. The van der Waals surface area contributed by atoms with Crippen molar-refractivity contribution < 1.29 is 18.6 Å². The molecule has 0 radical (unpaired) electrons. The van der Waals surface area contributed by atoms with Crippen LogP contribution in [-0.2, 0) is 0 Å². The Labute approximate surface area is 117 Å². The lowest BCUT2D eigenvalue weighted by atomic mass is 10.0. The Morgan fingerprint density at radius 3 is 2.16 bits per heavy atom. The number of aliphatic hydroxyl groups is 1. The molecule has 2 aromatic carbocycles. The van der Waals surface area contributed by atoms with Crippen molar-refractivity contribution in [2.75, 3.05) is 7.11 Å². The third kappa shape index (κ3) is 2.93. The first kappa shape index (κ1) is 14.0. The van der Waals surface area contributed by atoms with Gasteiger partial charge in [0.2, 0.25) is 0 Å². The highest BCUT2D eigenvalue weighted by molar-refractivity contribution is 9.10. The second-order valence-electron chi connectivity index (χ2n) is 3.96. The van der Waals surface area contributed by atoms with E-state index in [2.05, 4.69) is 15.9 Å². The second kappa shape index (κ2) is 5.67. The molecule has 2 aromatic rings. The van der Waals surface area contributed by atoms with E-state index in [1.54, 1.807) is 6.07 Å². The molecular weight excluding hydrogens is 318 g/mol. The first-order valence-electron chi connectivity index (χ1n) is 5.49. The maximum Gasteiger partial charge on any atom is 0.133 e. The predicted octanol–water partition coefficient (Wildman–Crippen LogP) is 3.82. The van der Waals surface area contributed by atoms with Gasteiger partial charge >= 0.3 is 0 Å². The standard InChI is InChI=1S/C14H11BrF2O2/c1-19-9-3-5-11(13(17)7-9)14(18)10-4-2-8(15)6-12(10)16/h2-7,14,18H,1H3. The fourth-order valence-electron chi connectivity index (χ4n) is 1.75. The lowest BCUT2D eigenvalue weighted by Gasteiger charge is -2.14. The van der Waals surface area contributed by atoms with Crippen molar-refractivity contribution in [2.45, 2.75) is 6.10 Å². The first-order valence-corrected chi connectivity index (χ1v) is 6.28. The van der Waals surface area contributed by atoms with Gasteiger partial charge in [0.15, 0.2) is 0 Å². The Kier molecular flexibility index (Phi) is 4.17. The van der Waals surface area contributed by atoms with Gasteiger partial charge in [0.05, 0.1) is 7.11 Å². The molecule has 2 nitrogen and oxygen atoms in total. The number of hydrogen-bond acceptors (Lipinski definition) is 2. The van der Waals surface area contributed by atoms with Gasteiger partial charge in [0, 0.05) is 21.7 Å². The molecule has 0 saturated carbocycles. The summed E-state index contributed by atoms with van der Waals surface area (Å²) in [6.45, 7) is 0. The molecule has 5 heteroatoms. The van der Waals surface area contributed by atoms with Crippen LogP contribution in [0.3, 0.4) is 0 Å². The van der Waals surface area contributed by atoms with E-state index in [4.69, 9.17) is 4.74 Å². The highest BCUT2D eigenvalue weighted by Crippen LogP contribution is 2.29. The molecule has 1 unspecified atom stereocenters. The maximum atomic E-state index is 13.8. The van der Waals surface area contributed by atoms with Crippen LogP contribution in [0.25, 0.3) is 0 Å². The topological polar surface area (TPSA) is 29.5 Å². The van der Waals surface area contributed by atoms with E-state index in [0.29, 0.717) is 10.2 Å². The molecule has 0 spiro atoms. The van der Waals surface area contributed by atoms with E-state index in [1.165, 1.54) is 31.4 Å². The Balaban J connectivity index is 2.41. The predicted molar refractivity (Wildman–Crippen MR) is 71.1 cm³/mol. The Hall–Kier alpha value is -1.46. The Morgan fingerprint density at radius 2 is 1.63 bits per heavy atom.